The molecule has 0 heterocycles. The van der Waals surface area contributed by atoms with E-state index in [0.717, 1.165) is 25.0 Å². The summed E-state index contributed by atoms with van der Waals surface area (Å²) >= 11 is 0. The molecule has 0 radical (unpaired) electrons. The molecule has 0 spiro atoms. The fraction of sp³-hybridized carbons (Fsp3) is 0.438. The van der Waals surface area contributed by atoms with Gasteiger partial charge in [0.2, 0.25) is 5.91 Å². The molecule has 2 rings (SSSR count). The average molecular weight is 258 g/mol. The first-order chi connectivity index (χ1) is 9.15. The smallest absolute Gasteiger partial charge is 0.220 e. The number of benzene rings is 1. The first-order valence-electron chi connectivity index (χ1n) is 6.93. The molecular formula is C16H22N2O. The molecule has 19 heavy (non-hydrogen) atoms. The number of hydrogen-bond acceptors (Lipinski definition) is 2. The minimum absolute atomic E-state index is 0.0167. The van der Waals surface area contributed by atoms with Crippen LogP contribution in [0.25, 0.3) is 0 Å². The van der Waals surface area contributed by atoms with Crippen LogP contribution in [0, 0.1) is 0 Å². The summed E-state index contributed by atoms with van der Waals surface area (Å²) in [6.07, 6.45) is 5.18. The predicted octanol–water partition coefficient (Wildman–Crippen LogP) is 2.91. The molecule has 1 aromatic rings. The number of carbonyl (C=O) groups excluding carboxylic acids is 1. The Bertz CT molecular complexity index is 453. The molecule has 0 bridgehead atoms. The fourth-order valence-corrected chi connectivity index (χ4v) is 2.57. The summed E-state index contributed by atoms with van der Waals surface area (Å²) in [7, 11) is 0. The second-order valence-corrected chi connectivity index (χ2v) is 5.19. The Kier molecular flexibility index (Phi) is 4.74. The normalized spacial score (nSPS) is 20.5. The lowest BCUT2D eigenvalue weighted by Gasteiger charge is -2.27. The van der Waals surface area contributed by atoms with Gasteiger partial charge in [-0.05, 0) is 25.3 Å². The quantitative estimate of drug-likeness (QED) is 0.872. The summed E-state index contributed by atoms with van der Waals surface area (Å²) in [6.45, 7) is 3.75. The van der Waals surface area contributed by atoms with Crippen molar-refractivity contribution in [3.63, 3.8) is 0 Å². The largest absolute Gasteiger partial charge is 0.330 e. The van der Waals surface area contributed by atoms with Gasteiger partial charge in [-0.25, -0.2) is 0 Å². The molecular weight excluding hydrogens is 236 g/mol. The zero-order chi connectivity index (χ0) is 13.7. The SMILES string of the molecule is CC(=O)NC1=CCC[C@@H](N[C@@H](C)c2ccccc2)C1. The van der Waals surface area contributed by atoms with Crippen LogP contribution in [0.4, 0.5) is 0 Å². The van der Waals surface area contributed by atoms with E-state index in [-0.39, 0.29) is 5.91 Å². The first kappa shape index (κ1) is 13.8. The van der Waals surface area contributed by atoms with E-state index in [2.05, 4.69) is 47.9 Å². The third-order valence-electron chi connectivity index (χ3n) is 3.49. The molecule has 0 saturated carbocycles. The van der Waals surface area contributed by atoms with Gasteiger partial charge < -0.3 is 10.6 Å². The van der Waals surface area contributed by atoms with Crippen LogP contribution in [0.1, 0.15) is 44.7 Å². The lowest BCUT2D eigenvalue weighted by Crippen LogP contribution is -2.36. The number of rotatable bonds is 4. The van der Waals surface area contributed by atoms with Crippen molar-refractivity contribution in [2.24, 2.45) is 0 Å². The van der Waals surface area contributed by atoms with Gasteiger partial charge in [-0.1, -0.05) is 36.4 Å². The van der Waals surface area contributed by atoms with Gasteiger partial charge in [0.1, 0.15) is 0 Å². The maximum absolute atomic E-state index is 11.1. The molecule has 0 aromatic heterocycles. The highest BCUT2D eigenvalue weighted by atomic mass is 16.1. The maximum Gasteiger partial charge on any atom is 0.220 e. The number of carbonyl (C=O) groups is 1. The molecule has 1 aliphatic carbocycles. The minimum Gasteiger partial charge on any atom is -0.330 e. The van der Waals surface area contributed by atoms with E-state index in [4.69, 9.17) is 0 Å². The highest BCUT2D eigenvalue weighted by molar-refractivity contribution is 5.74. The van der Waals surface area contributed by atoms with E-state index >= 15 is 0 Å². The van der Waals surface area contributed by atoms with Crippen molar-refractivity contribution >= 4 is 5.91 Å². The van der Waals surface area contributed by atoms with Gasteiger partial charge in [0.25, 0.3) is 0 Å². The van der Waals surface area contributed by atoms with Crippen molar-refractivity contribution in [2.45, 2.75) is 45.2 Å². The molecule has 102 valence electrons. The van der Waals surface area contributed by atoms with Crippen LogP contribution in [0.2, 0.25) is 0 Å². The van der Waals surface area contributed by atoms with Crippen molar-refractivity contribution in [1.82, 2.24) is 10.6 Å². The zero-order valence-corrected chi connectivity index (χ0v) is 11.6. The van der Waals surface area contributed by atoms with Gasteiger partial charge >= 0.3 is 0 Å². The molecule has 0 saturated heterocycles. The van der Waals surface area contributed by atoms with Crippen molar-refractivity contribution in [3.8, 4) is 0 Å². The van der Waals surface area contributed by atoms with Gasteiger partial charge in [0, 0.05) is 31.1 Å². The van der Waals surface area contributed by atoms with E-state index in [1.54, 1.807) is 6.92 Å². The van der Waals surface area contributed by atoms with Crippen LogP contribution in [0.15, 0.2) is 42.1 Å². The predicted molar refractivity (Wildman–Crippen MR) is 77.5 cm³/mol. The van der Waals surface area contributed by atoms with Crippen LogP contribution < -0.4 is 10.6 Å². The lowest BCUT2D eigenvalue weighted by molar-refractivity contribution is -0.118. The van der Waals surface area contributed by atoms with E-state index in [1.807, 2.05) is 6.07 Å². The Labute approximate surface area is 115 Å². The van der Waals surface area contributed by atoms with E-state index in [9.17, 15) is 4.79 Å². The third-order valence-corrected chi connectivity index (χ3v) is 3.49. The second kappa shape index (κ2) is 6.53. The molecule has 3 nitrogen and oxygen atoms in total. The highest BCUT2D eigenvalue weighted by Crippen LogP contribution is 2.20. The summed E-state index contributed by atoms with van der Waals surface area (Å²) in [5.74, 6) is 0.0167. The average Bonchev–Trinajstić information content (AvgIpc) is 2.39. The van der Waals surface area contributed by atoms with Gasteiger partial charge in [-0.3, -0.25) is 4.79 Å². The number of hydrogen-bond donors (Lipinski definition) is 2. The molecule has 2 N–H and O–H groups in total. The third kappa shape index (κ3) is 4.21. The molecule has 0 fully saturated rings. The van der Waals surface area contributed by atoms with E-state index < -0.39 is 0 Å². The van der Waals surface area contributed by atoms with Crippen LogP contribution in [-0.2, 0) is 4.79 Å². The lowest BCUT2D eigenvalue weighted by atomic mass is 9.97. The monoisotopic (exact) mass is 258 g/mol. The molecule has 1 aliphatic rings. The van der Waals surface area contributed by atoms with Crippen LogP contribution in [0.5, 0.6) is 0 Å². The summed E-state index contributed by atoms with van der Waals surface area (Å²) in [5, 5.41) is 6.55. The number of allylic oxidation sites excluding steroid dienone is 1. The maximum atomic E-state index is 11.1. The molecule has 1 amide bonds. The second-order valence-electron chi connectivity index (χ2n) is 5.19. The molecule has 0 unspecified atom stereocenters. The standard InChI is InChI=1S/C16H22N2O/c1-12(14-7-4-3-5-8-14)17-15-9-6-10-16(11-15)18-13(2)19/h3-5,7-8,10,12,15,17H,6,9,11H2,1-2H3,(H,18,19)/t12-,15+/m0/s1. The van der Waals surface area contributed by atoms with Crippen LogP contribution >= 0.6 is 0 Å². The summed E-state index contributed by atoms with van der Waals surface area (Å²) in [6, 6.07) is 11.2. The number of nitrogens with one attached hydrogen (secondary N) is 2. The first-order valence-corrected chi connectivity index (χ1v) is 6.93. The number of amides is 1. The van der Waals surface area contributed by atoms with Crippen molar-refractivity contribution in [3.05, 3.63) is 47.7 Å². The minimum atomic E-state index is 0.0167. The van der Waals surface area contributed by atoms with Crippen LogP contribution in [-0.4, -0.2) is 11.9 Å². The molecule has 2 atom stereocenters. The van der Waals surface area contributed by atoms with Gasteiger partial charge in [0.05, 0.1) is 0 Å². The Morgan fingerprint density at radius 1 is 1.32 bits per heavy atom. The van der Waals surface area contributed by atoms with Crippen molar-refractivity contribution < 1.29 is 4.79 Å². The summed E-state index contributed by atoms with van der Waals surface area (Å²) in [5.41, 5.74) is 2.36. The van der Waals surface area contributed by atoms with Gasteiger partial charge in [-0.2, -0.15) is 0 Å². The van der Waals surface area contributed by atoms with Crippen molar-refractivity contribution in [1.29, 1.82) is 0 Å². The molecule has 0 aliphatic heterocycles. The fourth-order valence-electron chi connectivity index (χ4n) is 2.57. The van der Waals surface area contributed by atoms with E-state index in [0.29, 0.717) is 12.1 Å². The zero-order valence-electron chi connectivity index (χ0n) is 11.6. The highest BCUT2D eigenvalue weighted by Gasteiger charge is 2.18. The Morgan fingerprint density at radius 3 is 2.74 bits per heavy atom. The Morgan fingerprint density at radius 2 is 2.05 bits per heavy atom. The summed E-state index contributed by atoms with van der Waals surface area (Å²) in [4.78, 5) is 11.1. The Balaban J connectivity index is 1.90. The van der Waals surface area contributed by atoms with Crippen molar-refractivity contribution in [2.75, 3.05) is 0 Å². The summed E-state index contributed by atoms with van der Waals surface area (Å²) < 4.78 is 0. The molecule has 3 heteroatoms. The van der Waals surface area contributed by atoms with Crippen LogP contribution in [0.3, 0.4) is 0 Å². The van der Waals surface area contributed by atoms with E-state index in [1.165, 1.54) is 5.56 Å². The molecule has 1 aromatic carbocycles. The topological polar surface area (TPSA) is 41.1 Å². The Hall–Kier alpha value is -1.61. The van der Waals surface area contributed by atoms with Gasteiger partial charge in [0.15, 0.2) is 0 Å². The van der Waals surface area contributed by atoms with Gasteiger partial charge in [-0.15, -0.1) is 0 Å².